The van der Waals surface area contributed by atoms with Gasteiger partial charge in [0.15, 0.2) is 24.5 Å². The molecular weight excluding hydrogens is 616 g/mol. The van der Waals surface area contributed by atoms with Gasteiger partial charge in [-0.3, -0.25) is 19.2 Å². The van der Waals surface area contributed by atoms with Gasteiger partial charge >= 0.3 is 23.9 Å². The fourth-order valence-electron chi connectivity index (χ4n) is 5.23. The van der Waals surface area contributed by atoms with Crippen LogP contribution >= 0.6 is 12.2 Å². The molecule has 0 bridgehead atoms. The van der Waals surface area contributed by atoms with Crippen LogP contribution in [0.5, 0.6) is 5.75 Å². The number of nitrogens with zero attached hydrogens (tertiary/aromatic N) is 2. The summed E-state index contributed by atoms with van der Waals surface area (Å²) in [5.41, 5.74) is 2.40. The SMILES string of the molecule is COc1ccc(-c2cc(-c3ccccc3)n([C@@H]3O[C@@H](COC(C)=O)[C@H](OC(C)=O)[C@H](OC(C)=O)[C@@H]3OC(C)=O)c(=S)c2C#N)cc1. The molecule has 0 aliphatic carbocycles. The van der Waals surface area contributed by atoms with Crippen molar-refractivity contribution in [3.05, 3.63) is 70.9 Å². The molecule has 12 nitrogen and oxygen atoms in total. The Morgan fingerprint density at radius 3 is 1.96 bits per heavy atom. The van der Waals surface area contributed by atoms with Gasteiger partial charge in [-0.25, -0.2) is 0 Å². The van der Waals surface area contributed by atoms with Gasteiger partial charge in [-0.15, -0.1) is 0 Å². The van der Waals surface area contributed by atoms with Crippen LogP contribution in [0.2, 0.25) is 0 Å². The average Bonchev–Trinajstić information content (AvgIpc) is 3.01. The molecule has 46 heavy (non-hydrogen) atoms. The van der Waals surface area contributed by atoms with Crippen LogP contribution in [-0.4, -0.2) is 66.6 Å². The van der Waals surface area contributed by atoms with Crippen molar-refractivity contribution in [1.82, 2.24) is 4.57 Å². The molecule has 0 amide bonds. The monoisotopic (exact) mass is 648 g/mol. The van der Waals surface area contributed by atoms with Crippen molar-refractivity contribution in [3.63, 3.8) is 0 Å². The summed E-state index contributed by atoms with van der Waals surface area (Å²) < 4.78 is 35.3. The third-order valence-corrected chi connectivity index (χ3v) is 7.45. The quantitative estimate of drug-likeness (QED) is 0.180. The third-order valence-electron chi connectivity index (χ3n) is 7.05. The van der Waals surface area contributed by atoms with Gasteiger partial charge in [-0.2, -0.15) is 5.26 Å². The van der Waals surface area contributed by atoms with Gasteiger partial charge in [-0.1, -0.05) is 54.7 Å². The maximum Gasteiger partial charge on any atom is 0.303 e. The molecule has 4 rings (SSSR count). The van der Waals surface area contributed by atoms with Crippen molar-refractivity contribution >= 4 is 36.1 Å². The molecule has 1 aliphatic heterocycles. The normalized spacial score (nSPS) is 20.5. The average molecular weight is 649 g/mol. The summed E-state index contributed by atoms with van der Waals surface area (Å²) >= 11 is 5.95. The van der Waals surface area contributed by atoms with Crippen LogP contribution in [0.1, 0.15) is 39.5 Å². The minimum atomic E-state index is -1.44. The van der Waals surface area contributed by atoms with E-state index in [1.54, 1.807) is 49.6 Å². The zero-order chi connectivity index (χ0) is 33.5. The first-order chi connectivity index (χ1) is 21.9. The number of benzene rings is 2. The molecule has 5 atom stereocenters. The first-order valence-corrected chi connectivity index (χ1v) is 14.6. The fraction of sp³-hybridized carbons (Fsp3) is 0.333. The maximum absolute atomic E-state index is 12.5. The number of ether oxygens (including phenoxy) is 6. The van der Waals surface area contributed by atoms with Crippen LogP contribution < -0.4 is 4.74 Å². The lowest BCUT2D eigenvalue weighted by molar-refractivity contribution is -0.268. The van der Waals surface area contributed by atoms with Crippen LogP contribution in [0.15, 0.2) is 60.7 Å². The van der Waals surface area contributed by atoms with Crippen molar-refractivity contribution in [2.75, 3.05) is 13.7 Å². The molecular formula is C33H32N2O10S. The number of aromatic nitrogens is 1. The number of hydrogen-bond acceptors (Lipinski definition) is 12. The topological polar surface area (TPSA) is 152 Å². The van der Waals surface area contributed by atoms with E-state index in [4.69, 9.17) is 40.6 Å². The summed E-state index contributed by atoms with van der Waals surface area (Å²) in [6.07, 6.45) is -6.80. The van der Waals surface area contributed by atoms with Gasteiger partial charge in [0.25, 0.3) is 0 Å². The van der Waals surface area contributed by atoms with E-state index in [9.17, 15) is 24.4 Å². The second kappa shape index (κ2) is 14.8. The van der Waals surface area contributed by atoms with E-state index in [0.717, 1.165) is 20.8 Å². The van der Waals surface area contributed by atoms with Gasteiger partial charge < -0.3 is 33.0 Å². The van der Waals surface area contributed by atoms with Gasteiger partial charge in [0.1, 0.15) is 29.2 Å². The molecule has 2 heterocycles. The number of carbonyl (C=O) groups is 4. The van der Waals surface area contributed by atoms with Crippen LogP contribution in [0.4, 0.5) is 0 Å². The van der Waals surface area contributed by atoms with Crippen molar-refractivity contribution < 1.29 is 47.6 Å². The van der Waals surface area contributed by atoms with Crippen molar-refractivity contribution in [2.24, 2.45) is 0 Å². The van der Waals surface area contributed by atoms with Crippen molar-refractivity contribution in [3.8, 4) is 34.2 Å². The lowest BCUT2D eigenvalue weighted by Gasteiger charge is -2.45. The first kappa shape index (κ1) is 33.8. The number of carbonyl (C=O) groups excluding carboxylic acids is 4. The van der Waals surface area contributed by atoms with E-state index in [-0.39, 0.29) is 10.2 Å². The summed E-state index contributed by atoms with van der Waals surface area (Å²) in [6.45, 7) is 4.20. The number of methoxy groups -OCH3 is 1. The number of nitriles is 1. The molecule has 1 fully saturated rings. The van der Waals surface area contributed by atoms with Crippen LogP contribution in [0.25, 0.3) is 22.4 Å². The molecule has 0 saturated carbocycles. The number of pyridine rings is 1. The van der Waals surface area contributed by atoms with E-state index in [1.807, 2.05) is 18.2 Å². The Morgan fingerprint density at radius 1 is 0.826 bits per heavy atom. The zero-order valence-electron chi connectivity index (χ0n) is 25.8. The molecule has 0 unspecified atom stereocenters. The molecule has 1 saturated heterocycles. The molecule has 1 aromatic heterocycles. The predicted octanol–water partition coefficient (Wildman–Crippen LogP) is 4.69. The highest BCUT2D eigenvalue weighted by molar-refractivity contribution is 7.71. The van der Waals surface area contributed by atoms with Gasteiger partial charge in [-0.05, 0) is 29.3 Å². The van der Waals surface area contributed by atoms with Crippen LogP contribution in [0.3, 0.4) is 0 Å². The Labute approximate surface area is 270 Å². The van der Waals surface area contributed by atoms with Gasteiger partial charge in [0.2, 0.25) is 0 Å². The van der Waals surface area contributed by atoms with E-state index < -0.39 is 61.1 Å². The highest BCUT2D eigenvalue weighted by Crippen LogP contribution is 2.40. The highest BCUT2D eigenvalue weighted by Gasteiger charge is 2.53. The molecule has 1 aliphatic rings. The summed E-state index contributed by atoms with van der Waals surface area (Å²) in [5, 5.41) is 10.4. The summed E-state index contributed by atoms with van der Waals surface area (Å²) in [4.78, 5) is 48.9. The summed E-state index contributed by atoms with van der Waals surface area (Å²) in [7, 11) is 1.55. The Morgan fingerprint density at radius 2 is 1.41 bits per heavy atom. The Kier molecular flexibility index (Phi) is 10.9. The van der Waals surface area contributed by atoms with Gasteiger partial charge in [0.05, 0.1) is 18.4 Å². The Balaban J connectivity index is 2.04. The van der Waals surface area contributed by atoms with Crippen LogP contribution in [-0.2, 0) is 42.9 Å². The molecule has 240 valence electrons. The molecule has 13 heteroatoms. The van der Waals surface area contributed by atoms with Gasteiger partial charge in [0, 0.05) is 33.3 Å². The molecule has 3 aromatic rings. The smallest absolute Gasteiger partial charge is 0.303 e. The number of rotatable bonds is 9. The Bertz CT molecular complexity index is 1720. The van der Waals surface area contributed by atoms with E-state index in [2.05, 4.69) is 6.07 Å². The third kappa shape index (κ3) is 7.59. The standard InChI is InChI=1S/C33H32N2O10S/c1-18(36)41-17-28-29(42-19(2)37)30(43-20(3)38)31(44-21(4)39)32(45-28)35-27(23-9-7-6-8-10-23)15-25(26(16-34)33(35)46)22-11-13-24(40-5)14-12-22/h6-15,28-32H,17H2,1-5H3/t28-,29-,30-,31-,32+/m0/s1. The zero-order valence-corrected chi connectivity index (χ0v) is 26.6. The maximum atomic E-state index is 12.5. The van der Waals surface area contributed by atoms with E-state index in [0.29, 0.717) is 28.1 Å². The molecule has 2 aromatic carbocycles. The molecule has 0 N–H and O–H groups in total. The van der Waals surface area contributed by atoms with Crippen LogP contribution in [0, 0.1) is 16.0 Å². The van der Waals surface area contributed by atoms with E-state index in [1.165, 1.54) is 11.5 Å². The minimum absolute atomic E-state index is 0.00979. The molecule has 0 spiro atoms. The lowest BCUT2D eigenvalue weighted by atomic mass is 9.95. The summed E-state index contributed by atoms with van der Waals surface area (Å²) in [5.74, 6) is -2.32. The van der Waals surface area contributed by atoms with Crippen molar-refractivity contribution in [2.45, 2.75) is 58.3 Å². The Hall–Kier alpha value is -5.06. The number of esters is 4. The van der Waals surface area contributed by atoms with E-state index >= 15 is 0 Å². The lowest BCUT2D eigenvalue weighted by Crippen LogP contribution is -2.60. The molecule has 0 radical (unpaired) electrons. The minimum Gasteiger partial charge on any atom is -0.497 e. The first-order valence-electron chi connectivity index (χ1n) is 14.1. The fourth-order valence-corrected chi connectivity index (χ4v) is 5.58. The second-order valence-electron chi connectivity index (χ2n) is 10.3. The predicted molar refractivity (Wildman–Crippen MR) is 165 cm³/mol. The van der Waals surface area contributed by atoms with Crippen molar-refractivity contribution in [1.29, 1.82) is 5.26 Å². The summed E-state index contributed by atoms with van der Waals surface area (Å²) in [6, 6.07) is 20.1. The largest absolute Gasteiger partial charge is 0.497 e. The second-order valence-corrected chi connectivity index (χ2v) is 10.7. The number of hydrogen-bond donors (Lipinski definition) is 0. The highest BCUT2D eigenvalue weighted by atomic mass is 32.1.